The summed E-state index contributed by atoms with van der Waals surface area (Å²) in [5.74, 6) is 1.65. The summed E-state index contributed by atoms with van der Waals surface area (Å²) >= 11 is 5.81. The molecule has 0 amide bonds. The van der Waals surface area contributed by atoms with E-state index in [9.17, 15) is 0 Å². The number of anilines is 1. The summed E-state index contributed by atoms with van der Waals surface area (Å²) < 4.78 is 11.0. The van der Waals surface area contributed by atoms with Gasteiger partial charge in [0.2, 0.25) is 6.79 Å². The van der Waals surface area contributed by atoms with Gasteiger partial charge in [0, 0.05) is 18.3 Å². The first-order valence-corrected chi connectivity index (χ1v) is 9.63. The molecule has 136 valence electrons. The van der Waals surface area contributed by atoms with Gasteiger partial charge in [0.15, 0.2) is 16.6 Å². The van der Waals surface area contributed by atoms with Crippen LogP contribution in [0.1, 0.15) is 36.8 Å². The zero-order chi connectivity index (χ0) is 17.9. The smallest absolute Gasteiger partial charge is 0.231 e. The highest BCUT2D eigenvalue weighted by molar-refractivity contribution is 7.80. The Bertz CT molecular complexity index is 802. The highest BCUT2D eigenvalue weighted by Crippen LogP contribution is 2.34. The molecule has 2 aromatic rings. The predicted octanol–water partition coefficient (Wildman–Crippen LogP) is 4.87. The van der Waals surface area contributed by atoms with Crippen LogP contribution < -0.4 is 14.8 Å². The van der Waals surface area contributed by atoms with Crippen molar-refractivity contribution in [3.05, 3.63) is 53.6 Å². The molecule has 0 unspecified atom stereocenters. The van der Waals surface area contributed by atoms with Crippen molar-refractivity contribution in [1.82, 2.24) is 4.90 Å². The standard InChI is InChI=1S/C21H24N2O2S/c1-15-6-2-5-9-18(15)22-21(26)23(17-7-3-4-8-17)13-16-10-11-19-20(12-16)25-14-24-19/h2,5-6,9-12,17H,3-4,7-8,13-14H2,1H3,(H,22,26). The van der Waals surface area contributed by atoms with E-state index in [1.54, 1.807) is 0 Å². The molecule has 5 heteroatoms. The summed E-state index contributed by atoms with van der Waals surface area (Å²) in [6, 6.07) is 14.9. The van der Waals surface area contributed by atoms with Crippen molar-refractivity contribution in [2.24, 2.45) is 0 Å². The first-order valence-electron chi connectivity index (χ1n) is 9.22. The SMILES string of the molecule is Cc1ccccc1NC(=S)N(Cc1ccc2c(c1)OCO2)C1CCCC1. The first kappa shape index (κ1) is 17.2. The fourth-order valence-electron chi connectivity index (χ4n) is 3.72. The quantitative estimate of drug-likeness (QED) is 0.779. The molecule has 1 fully saturated rings. The van der Waals surface area contributed by atoms with Crippen LogP contribution in [-0.2, 0) is 6.54 Å². The molecular formula is C21H24N2O2S. The monoisotopic (exact) mass is 368 g/mol. The number of para-hydroxylation sites is 1. The van der Waals surface area contributed by atoms with Gasteiger partial charge in [-0.1, -0.05) is 37.1 Å². The fraction of sp³-hybridized carbons (Fsp3) is 0.381. The highest BCUT2D eigenvalue weighted by atomic mass is 32.1. The minimum absolute atomic E-state index is 0.304. The van der Waals surface area contributed by atoms with Crippen LogP contribution in [0.3, 0.4) is 0 Å². The summed E-state index contributed by atoms with van der Waals surface area (Å²) in [5, 5.41) is 4.26. The molecule has 1 heterocycles. The number of fused-ring (bicyclic) bond motifs is 1. The van der Waals surface area contributed by atoms with E-state index in [4.69, 9.17) is 21.7 Å². The van der Waals surface area contributed by atoms with Crippen LogP contribution in [0, 0.1) is 6.92 Å². The van der Waals surface area contributed by atoms with Gasteiger partial charge in [0.25, 0.3) is 0 Å². The van der Waals surface area contributed by atoms with Crippen molar-refractivity contribution in [3.63, 3.8) is 0 Å². The van der Waals surface area contributed by atoms with E-state index in [1.165, 1.54) is 36.8 Å². The molecule has 1 saturated carbocycles. The Hall–Kier alpha value is -2.27. The van der Waals surface area contributed by atoms with Gasteiger partial charge in [-0.15, -0.1) is 0 Å². The van der Waals surface area contributed by atoms with Crippen molar-refractivity contribution in [2.45, 2.75) is 45.2 Å². The molecule has 4 nitrogen and oxygen atoms in total. The summed E-state index contributed by atoms with van der Waals surface area (Å²) in [6.07, 6.45) is 4.94. The molecule has 0 bridgehead atoms. The molecule has 0 aromatic heterocycles. The molecule has 1 aliphatic carbocycles. The Morgan fingerprint density at radius 2 is 1.88 bits per heavy atom. The van der Waals surface area contributed by atoms with E-state index < -0.39 is 0 Å². The van der Waals surface area contributed by atoms with Crippen LogP contribution in [0.5, 0.6) is 11.5 Å². The zero-order valence-corrected chi connectivity index (χ0v) is 15.8. The second-order valence-electron chi connectivity index (χ2n) is 7.00. The summed E-state index contributed by atoms with van der Waals surface area (Å²) in [5.41, 5.74) is 3.46. The van der Waals surface area contributed by atoms with Crippen molar-refractivity contribution < 1.29 is 9.47 Å². The molecule has 2 aliphatic rings. The summed E-state index contributed by atoms with van der Waals surface area (Å²) in [4.78, 5) is 2.34. The maximum atomic E-state index is 5.81. The number of hydrogen-bond acceptors (Lipinski definition) is 3. The maximum Gasteiger partial charge on any atom is 0.231 e. The van der Waals surface area contributed by atoms with Crippen LogP contribution in [-0.4, -0.2) is 22.8 Å². The first-order chi connectivity index (χ1) is 12.7. The van der Waals surface area contributed by atoms with Crippen LogP contribution in [0.15, 0.2) is 42.5 Å². The number of nitrogens with one attached hydrogen (secondary N) is 1. The number of benzene rings is 2. The third-order valence-electron chi connectivity index (χ3n) is 5.20. The van der Waals surface area contributed by atoms with E-state index in [-0.39, 0.29) is 0 Å². The van der Waals surface area contributed by atoms with Crippen molar-refractivity contribution in [3.8, 4) is 11.5 Å². The lowest BCUT2D eigenvalue weighted by atomic mass is 10.1. The minimum atomic E-state index is 0.304. The highest BCUT2D eigenvalue weighted by Gasteiger charge is 2.25. The zero-order valence-electron chi connectivity index (χ0n) is 15.0. The third-order valence-corrected chi connectivity index (χ3v) is 5.54. The van der Waals surface area contributed by atoms with Gasteiger partial charge in [0.05, 0.1) is 0 Å². The average molecular weight is 369 g/mol. The molecule has 2 aromatic carbocycles. The number of ether oxygens (including phenoxy) is 2. The molecule has 4 rings (SSSR count). The lowest BCUT2D eigenvalue weighted by Crippen LogP contribution is -2.41. The molecule has 26 heavy (non-hydrogen) atoms. The van der Waals surface area contributed by atoms with Crippen LogP contribution in [0.2, 0.25) is 0 Å². The number of nitrogens with zero attached hydrogens (tertiary/aromatic N) is 1. The number of rotatable bonds is 4. The Morgan fingerprint density at radius 3 is 2.69 bits per heavy atom. The fourth-order valence-corrected chi connectivity index (χ4v) is 4.04. The number of aryl methyl sites for hydroxylation is 1. The normalized spacial score (nSPS) is 15.9. The average Bonchev–Trinajstić information content (AvgIpc) is 3.32. The minimum Gasteiger partial charge on any atom is -0.454 e. The van der Waals surface area contributed by atoms with Crippen LogP contribution >= 0.6 is 12.2 Å². The van der Waals surface area contributed by atoms with Crippen molar-refractivity contribution >= 4 is 23.0 Å². The summed E-state index contributed by atoms with van der Waals surface area (Å²) in [7, 11) is 0. The number of hydrogen-bond donors (Lipinski definition) is 1. The van der Waals surface area contributed by atoms with Gasteiger partial charge >= 0.3 is 0 Å². The van der Waals surface area contributed by atoms with Gasteiger partial charge in [-0.3, -0.25) is 0 Å². The largest absolute Gasteiger partial charge is 0.454 e. The molecule has 0 atom stereocenters. The van der Waals surface area contributed by atoms with Crippen LogP contribution in [0.4, 0.5) is 5.69 Å². The molecular weight excluding hydrogens is 344 g/mol. The topological polar surface area (TPSA) is 33.7 Å². The van der Waals surface area contributed by atoms with Crippen LogP contribution in [0.25, 0.3) is 0 Å². The number of thiocarbonyl (C=S) groups is 1. The second kappa shape index (κ2) is 7.54. The van der Waals surface area contributed by atoms with E-state index in [0.29, 0.717) is 12.8 Å². The Morgan fingerprint density at radius 1 is 1.12 bits per heavy atom. The van der Waals surface area contributed by atoms with E-state index in [1.807, 2.05) is 18.2 Å². The van der Waals surface area contributed by atoms with Gasteiger partial charge in [-0.2, -0.15) is 0 Å². The van der Waals surface area contributed by atoms with Crippen molar-refractivity contribution in [2.75, 3.05) is 12.1 Å². The van der Waals surface area contributed by atoms with Gasteiger partial charge in [0.1, 0.15) is 0 Å². The predicted molar refractivity (Wildman–Crippen MR) is 108 cm³/mol. The van der Waals surface area contributed by atoms with E-state index in [0.717, 1.165) is 28.8 Å². The molecule has 0 radical (unpaired) electrons. The second-order valence-corrected chi connectivity index (χ2v) is 7.39. The lowest BCUT2D eigenvalue weighted by Gasteiger charge is -2.32. The Kier molecular flexibility index (Phi) is 4.98. The molecule has 0 saturated heterocycles. The Labute approximate surface area is 160 Å². The lowest BCUT2D eigenvalue weighted by molar-refractivity contribution is 0.174. The van der Waals surface area contributed by atoms with Gasteiger partial charge in [-0.25, -0.2) is 0 Å². The van der Waals surface area contributed by atoms with Gasteiger partial charge in [-0.05, 0) is 61.3 Å². The van der Waals surface area contributed by atoms with Gasteiger partial charge < -0.3 is 19.7 Å². The molecule has 1 aliphatic heterocycles. The third kappa shape index (κ3) is 3.63. The molecule has 1 N–H and O–H groups in total. The van der Waals surface area contributed by atoms with E-state index in [2.05, 4.69) is 41.4 Å². The Balaban J connectivity index is 1.54. The summed E-state index contributed by atoms with van der Waals surface area (Å²) in [6.45, 7) is 3.18. The maximum absolute atomic E-state index is 5.81. The molecule has 0 spiro atoms. The van der Waals surface area contributed by atoms with E-state index >= 15 is 0 Å². The van der Waals surface area contributed by atoms with Crippen molar-refractivity contribution in [1.29, 1.82) is 0 Å².